The number of hydrogen-bond donors (Lipinski definition) is 3. The fourth-order valence-corrected chi connectivity index (χ4v) is 3.51. The number of carbonyl (C=O) groups excluding carboxylic acids is 1. The van der Waals surface area contributed by atoms with Crippen LogP contribution < -0.4 is 5.32 Å². The van der Waals surface area contributed by atoms with Crippen LogP contribution >= 0.6 is 12.6 Å². The summed E-state index contributed by atoms with van der Waals surface area (Å²) >= 11 is 4.43. The molecule has 0 fully saturated rings. The van der Waals surface area contributed by atoms with Crippen LogP contribution in [0.1, 0.15) is 18.1 Å². The van der Waals surface area contributed by atoms with E-state index in [1.807, 2.05) is 55.5 Å². The minimum atomic E-state index is -1.02. The first-order valence-electron chi connectivity index (χ1n) is 8.80. The second kappa shape index (κ2) is 8.31. The van der Waals surface area contributed by atoms with Gasteiger partial charge in [-0.3, -0.25) is 9.36 Å². The van der Waals surface area contributed by atoms with Gasteiger partial charge in [-0.05, 0) is 37.0 Å². The summed E-state index contributed by atoms with van der Waals surface area (Å²) in [6.45, 7) is 1.91. The highest BCUT2D eigenvalue weighted by Crippen LogP contribution is 2.22. The molecule has 1 amide bonds. The van der Waals surface area contributed by atoms with Crippen LogP contribution in [0.4, 0.5) is 4.79 Å². The van der Waals surface area contributed by atoms with Crippen LogP contribution in [0.5, 0.6) is 0 Å². The Morgan fingerprint density at radius 3 is 2.44 bits per heavy atom. The number of aromatic nitrogens is 1. The van der Waals surface area contributed by atoms with Gasteiger partial charge >= 0.3 is 6.09 Å². The molecule has 0 saturated heterocycles. The number of fused-ring (bicyclic) bond motifs is 1. The molecule has 2 N–H and O–H groups in total. The first kappa shape index (κ1) is 19.0. The maximum atomic E-state index is 12.4. The molecule has 3 aromatic rings. The number of nitrogens with one attached hydrogen (secondary N) is 1. The molecule has 0 radical (unpaired) electrons. The maximum Gasteiger partial charge on any atom is 0.416 e. The highest BCUT2D eigenvalue weighted by Gasteiger charge is 2.19. The largest absolute Gasteiger partial charge is 0.464 e. The molecular weight excluding hydrogens is 360 g/mol. The van der Waals surface area contributed by atoms with E-state index in [4.69, 9.17) is 0 Å². The third kappa shape index (κ3) is 4.52. The summed E-state index contributed by atoms with van der Waals surface area (Å²) in [6, 6.07) is 17.0. The summed E-state index contributed by atoms with van der Waals surface area (Å²) in [5, 5.41) is 12.8. The zero-order valence-corrected chi connectivity index (χ0v) is 15.9. The number of carboxylic acid groups (broad SMARTS) is 1. The van der Waals surface area contributed by atoms with Gasteiger partial charge in [-0.25, -0.2) is 4.79 Å². The Labute approximate surface area is 163 Å². The summed E-state index contributed by atoms with van der Waals surface area (Å²) < 4.78 is 1.22. The van der Waals surface area contributed by atoms with Crippen LogP contribution in [0.3, 0.4) is 0 Å². The molecule has 2 aromatic carbocycles. The van der Waals surface area contributed by atoms with Crippen molar-refractivity contribution in [2.45, 2.75) is 31.1 Å². The van der Waals surface area contributed by atoms with Crippen molar-refractivity contribution in [2.24, 2.45) is 0 Å². The molecule has 0 spiro atoms. The Morgan fingerprint density at radius 1 is 1.07 bits per heavy atom. The van der Waals surface area contributed by atoms with Gasteiger partial charge in [0.25, 0.3) is 0 Å². The molecule has 1 unspecified atom stereocenters. The van der Waals surface area contributed by atoms with Crippen LogP contribution in [-0.4, -0.2) is 33.0 Å². The van der Waals surface area contributed by atoms with Crippen molar-refractivity contribution in [3.63, 3.8) is 0 Å². The zero-order valence-electron chi connectivity index (χ0n) is 15.0. The number of para-hydroxylation sites is 1. The lowest BCUT2D eigenvalue weighted by Crippen LogP contribution is -2.39. The Bertz CT molecular complexity index is 952. The Kier molecular flexibility index (Phi) is 5.86. The van der Waals surface area contributed by atoms with Crippen molar-refractivity contribution >= 4 is 35.5 Å². The summed E-state index contributed by atoms with van der Waals surface area (Å²) in [7, 11) is 0. The number of carbonyl (C=O) groups is 2. The van der Waals surface area contributed by atoms with Gasteiger partial charge in [-0.15, -0.1) is 0 Å². The highest BCUT2D eigenvalue weighted by molar-refractivity contribution is 7.81. The van der Waals surface area contributed by atoms with E-state index < -0.39 is 11.3 Å². The van der Waals surface area contributed by atoms with E-state index in [0.29, 0.717) is 18.4 Å². The molecule has 0 aliphatic heterocycles. The predicted molar refractivity (Wildman–Crippen MR) is 110 cm³/mol. The summed E-state index contributed by atoms with van der Waals surface area (Å²) in [5.41, 5.74) is 2.60. The SMILES string of the molecule is CC(Cc1cn(C(=O)O)c2ccccc12)NC(=O)[C@H](S)Cc1ccccc1. The van der Waals surface area contributed by atoms with Crippen molar-refractivity contribution in [3.05, 3.63) is 71.9 Å². The average molecular weight is 382 g/mol. The molecule has 140 valence electrons. The molecule has 0 aliphatic carbocycles. The van der Waals surface area contributed by atoms with Crippen LogP contribution in [0, 0.1) is 0 Å². The quantitative estimate of drug-likeness (QED) is 0.569. The minimum absolute atomic E-state index is 0.128. The van der Waals surface area contributed by atoms with Gasteiger partial charge < -0.3 is 10.4 Å². The van der Waals surface area contributed by atoms with E-state index in [0.717, 1.165) is 16.5 Å². The number of nitrogens with zero attached hydrogens (tertiary/aromatic N) is 1. The van der Waals surface area contributed by atoms with E-state index in [2.05, 4.69) is 17.9 Å². The van der Waals surface area contributed by atoms with Crippen molar-refractivity contribution in [3.8, 4) is 0 Å². The lowest BCUT2D eigenvalue weighted by Gasteiger charge is -2.17. The Balaban J connectivity index is 1.67. The summed E-state index contributed by atoms with van der Waals surface area (Å²) in [6.07, 6.45) is 1.70. The van der Waals surface area contributed by atoms with E-state index >= 15 is 0 Å². The second-order valence-electron chi connectivity index (χ2n) is 6.64. The van der Waals surface area contributed by atoms with Gasteiger partial charge in [-0.2, -0.15) is 12.6 Å². The third-order valence-electron chi connectivity index (χ3n) is 4.49. The topological polar surface area (TPSA) is 71.3 Å². The van der Waals surface area contributed by atoms with Crippen LogP contribution in [0.15, 0.2) is 60.8 Å². The van der Waals surface area contributed by atoms with Gasteiger partial charge in [0.05, 0.1) is 10.8 Å². The number of rotatable bonds is 6. The van der Waals surface area contributed by atoms with Crippen LogP contribution in [0.25, 0.3) is 10.9 Å². The van der Waals surface area contributed by atoms with Gasteiger partial charge in [0, 0.05) is 17.6 Å². The minimum Gasteiger partial charge on any atom is -0.464 e. The number of thiol groups is 1. The first-order valence-corrected chi connectivity index (χ1v) is 9.32. The van der Waals surface area contributed by atoms with Crippen molar-refractivity contribution in [1.29, 1.82) is 0 Å². The van der Waals surface area contributed by atoms with E-state index in [9.17, 15) is 14.7 Å². The molecule has 0 bridgehead atoms. The lowest BCUT2D eigenvalue weighted by molar-refractivity contribution is -0.121. The third-order valence-corrected chi connectivity index (χ3v) is 4.91. The molecule has 0 saturated carbocycles. The molecule has 27 heavy (non-hydrogen) atoms. The fourth-order valence-electron chi connectivity index (χ4n) is 3.22. The molecular formula is C21H22N2O3S. The van der Waals surface area contributed by atoms with Crippen molar-refractivity contribution < 1.29 is 14.7 Å². The van der Waals surface area contributed by atoms with Crippen LogP contribution in [0.2, 0.25) is 0 Å². The van der Waals surface area contributed by atoms with Gasteiger partial charge in [0.1, 0.15) is 0 Å². The molecule has 2 atom stereocenters. The van der Waals surface area contributed by atoms with Gasteiger partial charge in [0.2, 0.25) is 5.91 Å². The molecule has 6 heteroatoms. The average Bonchev–Trinajstić information content (AvgIpc) is 3.01. The monoisotopic (exact) mass is 382 g/mol. The molecule has 1 heterocycles. The maximum absolute atomic E-state index is 12.4. The Hall–Kier alpha value is -2.73. The first-order chi connectivity index (χ1) is 13.0. The smallest absolute Gasteiger partial charge is 0.416 e. The lowest BCUT2D eigenvalue weighted by atomic mass is 10.1. The molecule has 0 aliphatic rings. The molecule has 1 aromatic heterocycles. The number of benzene rings is 2. The van der Waals surface area contributed by atoms with Gasteiger partial charge in [-0.1, -0.05) is 48.5 Å². The zero-order chi connectivity index (χ0) is 19.4. The van der Waals surface area contributed by atoms with E-state index in [1.165, 1.54) is 4.57 Å². The number of amides is 1. The molecule has 3 rings (SSSR count). The highest BCUT2D eigenvalue weighted by atomic mass is 32.1. The summed E-state index contributed by atoms with van der Waals surface area (Å²) in [5.74, 6) is -0.128. The van der Waals surface area contributed by atoms with Gasteiger partial charge in [0.15, 0.2) is 0 Å². The van der Waals surface area contributed by atoms with Crippen molar-refractivity contribution in [2.75, 3.05) is 0 Å². The predicted octanol–water partition coefficient (Wildman–Crippen LogP) is 3.76. The number of hydrogen-bond acceptors (Lipinski definition) is 3. The summed E-state index contributed by atoms with van der Waals surface area (Å²) in [4.78, 5) is 23.9. The normalized spacial score (nSPS) is 13.3. The Morgan fingerprint density at radius 2 is 1.74 bits per heavy atom. The standard InChI is InChI=1S/C21H22N2O3S/c1-14(22-20(24)19(27)12-15-7-3-2-4-8-15)11-16-13-23(21(25)26)18-10-6-5-9-17(16)18/h2-10,13-14,19,27H,11-12H2,1H3,(H,22,24)(H,25,26)/t14?,19-/m1/s1. The van der Waals surface area contributed by atoms with Crippen LogP contribution in [-0.2, 0) is 17.6 Å². The van der Waals surface area contributed by atoms with E-state index in [1.54, 1.807) is 12.3 Å². The second-order valence-corrected chi connectivity index (χ2v) is 7.27. The van der Waals surface area contributed by atoms with Crippen molar-refractivity contribution in [1.82, 2.24) is 9.88 Å². The fraction of sp³-hybridized carbons (Fsp3) is 0.238. The van der Waals surface area contributed by atoms with E-state index in [-0.39, 0.29) is 11.9 Å². The molecule has 5 nitrogen and oxygen atoms in total.